The number of carbonyl (C=O) groups is 1. The molecule has 1 saturated heterocycles. The molecule has 2 heterocycles. The van der Waals surface area contributed by atoms with Crippen LogP contribution in [0.1, 0.15) is 42.2 Å². The van der Waals surface area contributed by atoms with Crippen molar-refractivity contribution in [3.8, 4) is 0 Å². The molecule has 1 aromatic heterocycles. The van der Waals surface area contributed by atoms with Gasteiger partial charge in [-0.3, -0.25) is 4.79 Å². The number of hydrogen-bond acceptors (Lipinski definition) is 5. The quantitative estimate of drug-likeness (QED) is 0.891. The number of carboxylic acid groups (broad SMARTS) is 1. The Morgan fingerprint density at radius 2 is 2.20 bits per heavy atom. The molecule has 0 amide bonds. The van der Waals surface area contributed by atoms with Crippen molar-refractivity contribution in [1.29, 1.82) is 0 Å². The minimum atomic E-state index is -0.749. The van der Waals surface area contributed by atoms with E-state index in [9.17, 15) is 9.90 Å². The summed E-state index contributed by atoms with van der Waals surface area (Å²) in [5.74, 6) is -0.440. The number of rotatable bonds is 4. The minimum Gasteiger partial charge on any atom is -0.481 e. The number of fused-ring (bicyclic) bond motifs is 1. The average molecular weight is 294 g/mol. The predicted octanol–water partition coefficient (Wildman–Crippen LogP) is 2.24. The molecule has 1 aromatic rings. The lowest BCUT2D eigenvalue weighted by molar-refractivity contribution is -0.138. The second-order valence-corrected chi connectivity index (χ2v) is 7.05. The first-order chi connectivity index (χ1) is 9.72. The van der Waals surface area contributed by atoms with Crippen molar-refractivity contribution in [2.24, 2.45) is 5.92 Å². The summed E-state index contributed by atoms with van der Waals surface area (Å²) in [7, 11) is 0. The molecule has 1 saturated carbocycles. The lowest BCUT2D eigenvalue weighted by Gasteiger charge is -2.18. The Labute approximate surface area is 121 Å². The summed E-state index contributed by atoms with van der Waals surface area (Å²) >= 11 is 1.62. The van der Waals surface area contributed by atoms with E-state index < -0.39 is 11.9 Å². The Kier molecular flexibility index (Phi) is 2.96. The molecule has 2 N–H and O–H groups in total. The van der Waals surface area contributed by atoms with Crippen LogP contribution in [0, 0.1) is 5.92 Å². The fraction of sp³-hybridized carbons (Fsp3) is 0.714. The summed E-state index contributed by atoms with van der Waals surface area (Å²) in [6.07, 6.45) is 5.44. The fourth-order valence-corrected chi connectivity index (χ4v) is 4.44. The van der Waals surface area contributed by atoms with Gasteiger partial charge in [0, 0.05) is 11.5 Å². The second-order valence-electron chi connectivity index (χ2n) is 5.97. The lowest BCUT2D eigenvalue weighted by Crippen LogP contribution is -2.30. The van der Waals surface area contributed by atoms with Crippen LogP contribution in [-0.2, 0) is 16.0 Å². The third kappa shape index (κ3) is 2.11. The van der Waals surface area contributed by atoms with Gasteiger partial charge in [-0.25, -0.2) is 4.98 Å². The van der Waals surface area contributed by atoms with Crippen LogP contribution >= 0.6 is 11.3 Å². The molecular formula is C14H18N2O3S. The van der Waals surface area contributed by atoms with E-state index in [1.165, 1.54) is 12.8 Å². The van der Waals surface area contributed by atoms with Crippen LogP contribution in [0.25, 0.3) is 0 Å². The molecule has 4 rings (SSSR count). The average Bonchev–Trinajstić information content (AvgIpc) is 2.83. The zero-order valence-corrected chi connectivity index (χ0v) is 12.0. The van der Waals surface area contributed by atoms with Crippen LogP contribution in [0.3, 0.4) is 0 Å². The summed E-state index contributed by atoms with van der Waals surface area (Å²) in [6.45, 7) is 0.821. The normalized spacial score (nSPS) is 32.3. The molecule has 0 aromatic carbocycles. The number of ether oxygens (including phenoxy) is 1. The molecule has 3 unspecified atom stereocenters. The third-order valence-corrected chi connectivity index (χ3v) is 5.61. The Morgan fingerprint density at radius 1 is 1.35 bits per heavy atom. The lowest BCUT2D eigenvalue weighted by atomic mass is 10.1. The van der Waals surface area contributed by atoms with Gasteiger partial charge in [0.25, 0.3) is 0 Å². The van der Waals surface area contributed by atoms with Crippen LogP contribution in [0.5, 0.6) is 0 Å². The zero-order valence-electron chi connectivity index (χ0n) is 11.2. The van der Waals surface area contributed by atoms with Gasteiger partial charge in [0.2, 0.25) is 0 Å². The van der Waals surface area contributed by atoms with Crippen molar-refractivity contribution in [1.82, 2.24) is 4.98 Å². The van der Waals surface area contributed by atoms with Crippen LogP contribution in [0.2, 0.25) is 0 Å². The number of anilines is 1. The summed E-state index contributed by atoms with van der Waals surface area (Å²) in [5, 5.41) is 13.6. The summed E-state index contributed by atoms with van der Waals surface area (Å²) in [5.41, 5.74) is 0.784. The van der Waals surface area contributed by atoms with Gasteiger partial charge in [0.05, 0.1) is 17.8 Å². The smallest absolute Gasteiger partial charge is 0.312 e. The van der Waals surface area contributed by atoms with Gasteiger partial charge >= 0.3 is 5.97 Å². The molecule has 6 heteroatoms. The van der Waals surface area contributed by atoms with E-state index in [4.69, 9.17) is 4.74 Å². The van der Waals surface area contributed by atoms with E-state index in [1.807, 2.05) is 0 Å². The van der Waals surface area contributed by atoms with Crippen molar-refractivity contribution >= 4 is 22.4 Å². The highest BCUT2D eigenvalue weighted by atomic mass is 32.1. The molecule has 2 aliphatic carbocycles. The zero-order chi connectivity index (χ0) is 13.7. The summed E-state index contributed by atoms with van der Waals surface area (Å²) in [4.78, 5) is 16.9. The number of aromatic nitrogens is 1. The maximum Gasteiger partial charge on any atom is 0.312 e. The molecule has 20 heavy (non-hydrogen) atoms. The number of aliphatic carboxylic acids is 1. The number of hydrogen-bond donors (Lipinski definition) is 2. The van der Waals surface area contributed by atoms with Gasteiger partial charge in [-0.05, 0) is 38.0 Å². The van der Waals surface area contributed by atoms with Gasteiger partial charge < -0.3 is 15.2 Å². The second kappa shape index (κ2) is 4.70. The number of nitrogens with one attached hydrogen (secondary N) is 1. The van der Waals surface area contributed by atoms with E-state index in [1.54, 1.807) is 11.3 Å². The monoisotopic (exact) mass is 294 g/mol. The summed E-state index contributed by atoms with van der Waals surface area (Å²) < 4.78 is 5.82. The first kappa shape index (κ1) is 12.6. The van der Waals surface area contributed by atoms with E-state index in [-0.39, 0.29) is 0 Å². The number of thiazole rings is 1. The summed E-state index contributed by atoms with van der Waals surface area (Å²) in [6, 6.07) is 0.344. The van der Waals surface area contributed by atoms with E-state index >= 15 is 0 Å². The van der Waals surface area contributed by atoms with Crippen LogP contribution < -0.4 is 5.32 Å². The molecule has 5 nitrogen and oxygen atoms in total. The van der Waals surface area contributed by atoms with Crippen LogP contribution in [0.4, 0.5) is 5.13 Å². The van der Waals surface area contributed by atoms with Crippen LogP contribution in [0.15, 0.2) is 0 Å². The van der Waals surface area contributed by atoms with Gasteiger partial charge in [0.1, 0.15) is 5.92 Å². The topological polar surface area (TPSA) is 71.5 Å². The SMILES string of the molecule is O=C(O)C1CCc2sc(NC3CCOC3C3CC3)nc21. The van der Waals surface area contributed by atoms with E-state index in [0.717, 1.165) is 35.2 Å². The molecular weight excluding hydrogens is 276 g/mol. The highest BCUT2D eigenvalue weighted by Gasteiger charge is 2.41. The van der Waals surface area contributed by atoms with E-state index in [0.29, 0.717) is 24.5 Å². The van der Waals surface area contributed by atoms with Gasteiger partial charge in [-0.2, -0.15) is 0 Å². The molecule has 3 atom stereocenters. The van der Waals surface area contributed by atoms with Gasteiger partial charge in [0.15, 0.2) is 5.13 Å². The van der Waals surface area contributed by atoms with Gasteiger partial charge in [-0.15, -0.1) is 11.3 Å². The standard InChI is InChI=1S/C14H18N2O3S/c17-13(18)8-3-4-10-11(8)16-14(20-10)15-9-5-6-19-12(9)7-1-2-7/h7-9,12H,1-6H2,(H,15,16)(H,17,18). The number of nitrogens with zero attached hydrogens (tertiary/aromatic N) is 1. The molecule has 0 spiro atoms. The fourth-order valence-electron chi connectivity index (χ4n) is 3.34. The Bertz CT molecular complexity index is 541. The molecule has 3 aliphatic rings. The van der Waals surface area contributed by atoms with Crippen molar-refractivity contribution < 1.29 is 14.6 Å². The van der Waals surface area contributed by atoms with Gasteiger partial charge in [-0.1, -0.05) is 0 Å². The van der Waals surface area contributed by atoms with Crippen molar-refractivity contribution in [2.75, 3.05) is 11.9 Å². The number of carboxylic acids is 1. The van der Waals surface area contributed by atoms with Crippen molar-refractivity contribution in [3.05, 3.63) is 10.6 Å². The van der Waals surface area contributed by atoms with Crippen LogP contribution in [-0.4, -0.2) is 34.8 Å². The molecule has 2 fully saturated rings. The Morgan fingerprint density at radius 3 is 2.95 bits per heavy atom. The maximum absolute atomic E-state index is 11.2. The Hall–Kier alpha value is -1.14. The first-order valence-electron chi connectivity index (χ1n) is 7.33. The molecule has 1 aliphatic heterocycles. The molecule has 0 bridgehead atoms. The number of aryl methyl sites for hydroxylation is 1. The highest BCUT2D eigenvalue weighted by Crippen LogP contribution is 2.42. The van der Waals surface area contributed by atoms with E-state index in [2.05, 4.69) is 10.3 Å². The van der Waals surface area contributed by atoms with Crippen molar-refractivity contribution in [2.45, 2.75) is 50.2 Å². The first-order valence-corrected chi connectivity index (χ1v) is 8.14. The minimum absolute atomic E-state index is 0.323. The predicted molar refractivity (Wildman–Crippen MR) is 75.3 cm³/mol. The molecule has 0 radical (unpaired) electrons. The third-order valence-electron chi connectivity index (χ3n) is 4.55. The largest absolute Gasteiger partial charge is 0.481 e. The highest BCUT2D eigenvalue weighted by molar-refractivity contribution is 7.15. The molecule has 108 valence electrons. The Balaban J connectivity index is 1.50. The van der Waals surface area contributed by atoms with Crippen molar-refractivity contribution in [3.63, 3.8) is 0 Å². The maximum atomic E-state index is 11.2.